The number of rotatable bonds is 6. The summed E-state index contributed by atoms with van der Waals surface area (Å²) < 4.78 is 5.16. The third kappa shape index (κ3) is 4.33. The molecule has 1 heterocycles. The van der Waals surface area contributed by atoms with E-state index in [4.69, 9.17) is 10.3 Å². The summed E-state index contributed by atoms with van der Waals surface area (Å²) in [6.07, 6.45) is 4.01. The minimum atomic E-state index is -0.433. The zero-order valence-corrected chi connectivity index (χ0v) is 14.6. The molecule has 0 spiro atoms. The number of amides is 1. The highest BCUT2D eigenvalue weighted by molar-refractivity contribution is 5.85. The Morgan fingerprint density at radius 1 is 1.33 bits per heavy atom. The lowest BCUT2D eigenvalue weighted by atomic mass is 9.77. The van der Waals surface area contributed by atoms with Crippen LogP contribution in [-0.2, 0) is 23.3 Å². The summed E-state index contributed by atoms with van der Waals surface area (Å²) in [6.45, 7) is 2.29. The van der Waals surface area contributed by atoms with Crippen molar-refractivity contribution in [3.8, 4) is 0 Å². The summed E-state index contributed by atoms with van der Waals surface area (Å²) in [4.78, 5) is 16.2. The largest absolute Gasteiger partial charge is 0.347 e. The lowest BCUT2D eigenvalue weighted by molar-refractivity contribution is -0.121. The number of carbonyl (C=O) groups is 1. The lowest BCUT2D eigenvalue weighted by Gasteiger charge is -2.34. The van der Waals surface area contributed by atoms with E-state index in [1.807, 2.05) is 19.1 Å². The van der Waals surface area contributed by atoms with Gasteiger partial charge in [0.1, 0.15) is 0 Å². The van der Waals surface area contributed by atoms with Crippen LogP contribution >= 0.6 is 12.4 Å². The second kappa shape index (κ2) is 7.77. The molecule has 0 saturated heterocycles. The average molecular weight is 351 g/mol. The highest BCUT2D eigenvalue weighted by Gasteiger charge is 2.38. The Hall–Kier alpha value is -1.92. The molecule has 1 fully saturated rings. The topological polar surface area (TPSA) is 94.0 Å². The fraction of sp³-hybridized carbons (Fsp3) is 0.471. The van der Waals surface area contributed by atoms with Crippen molar-refractivity contribution in [1.82, 2.24) is 15.5 Å². The Labute approximate surface area is 147 Å². The molecule has 6 nitrogen and oxygen atoms in total. The van der Waals surface area contributed by atoms with E-state index < -0.39 is 5.54 Å². The summed E-state index contributed by atoms with van der Waals surface area (Å²) in [7, 11) is 0. The van der Waals surface area contributed by atoms with E-state index in [1.165, 1.54) is 5.56 Å². The van der Waals surface area contributed by atoms with Crippen molar-refractivity contribution < 1.29 is 9.32 Å². The van der Waals surface area contributed by atoms with Crippen LogP contribution < -0.4 is 11.1 Å². The normalized spacial score (nSPS) is 15.2. The minimum Gasteiger partial charge on any atom is -0.347 e. The van der Waals surface area contributed by atoms with Gasteiger partial charge in [-0.25, -0.2) is 0 Å². The van der Waals surface area contributed by atoms with Gasteiger partial charge in [-0.3, -0.25) is 4.79 Å². The summed E-state index contributed by atoms with van der Waals surface area (Å²) in [6, 6.07) is 8.20. The summed E-state index contributed by atoms with van der Waals surface area (Å²) in [5.74, 6) is 0.921. The van der Waals surface area contributed by atoms with Gasteiger partial charge in [-0.05, 0) is 38.2 Å². The van der Waals surface area contributed by atoms with Gasteiger partial charge >= 0.3 is 0 Å². The Balaban J connectivity index is 0.00000208. The summed E-state index contributed by atoms with van der Waals surface area (Å²) >= 11 is 0. The first-order valence-corrected chi connectivity index (χ1v) is 7.99. The van der Waals surface area contributed by atoms with E-state index in [-0.39, 0.29) is 24.9 Å². The fourth-order valence-corrected chi connectivity index (χ4v) is 2.59. The van der Waals surface area contributed by atoms with Crippen LogP contribution in [0.3, 0.4) is 0 Å². The maximum Gasteiger partial charge on any atom is 0.246 e. The molecule has 3 N–H and O–H groups in total. The van der Waals surface area contributed by atoms with E-state index in [1.54, 1.807) is 0 Å². The predicted octanol–water partition coefficient (Wildman–Crippen LogP) is 2.39. The Bertz CT molecular complexity index is 680. The maximum atomic E-state index is 11.9. The van der Waals surface area contributed by atoms with Crippen LogP contribution in [0, 0.1) is 6.92 Å². The molecule has 3 rings (SSSR count). The van der Waals surface area contributed by atoms with Gasteiger partial charge in [0.15, 0.2) is 5.82 Å². The monoisotopic (exact) mass is 350 g/mol. The molecule has 7 heteroatoms. The molecule has 0 unspecified atom stereocenters. The van der Waals surface area contributed by atoms with Crippen LogP contribution in [0.25, 0.3) is 0 Å². The van der Waals surface area contributed by atoms with Gasteiger partial charge in [0.25, 0.3) is 0 Å². The molecule has 1 aromatic heterocycles. The number of benzene rings is 1. The molecular weight excluding hydrogens is 328 g/mol. The van der Waals surface area contributed by atoms with Crippen molar-refractivity contribution >= 4 is 18.3 Å². The van der Waals surface area contributed by atoms with Crippen LogP contribution in [0.5, 0.6) is 0 Å². The van der Waals surface area contributed by atoms with Gasteiger partial charge in [0, 0.05) is 6.42 Å². The van der Waals surface area contributed by atoms with Gasteiger partial charge < -0.3 is 15.6 Å². The lowest BCUT2D eigenvalue weighted by Crippen LogP contribution is -2.44. The molecule has 1 saturated carbocycles. The number of aromatic nitrogens is 2. The fourth-order valence-electron chi connectivity index (χ4n) is 2.59. The second-order valence-electron chi connectivity index (χ2n) is 6.28. The van der Waals surface area contributed by atoms with Crippen LogP contribution in [0.2, 0.25) is 0 Å². The van der Waals surface area contributed by atoms with E-state index in [2.05, 4.69) is 27.6 Å². The molecule has 1 aromatic carbocycles. The maximum absolute atomic E-state index is 11.9. The first-order chi connectivity index (χ1) is 11.0. The van der Waals surface area contributed by atoms with Crippen molar-refractivity contribution in [2.24, 2.45) is 5.73 Å². The first kappa shape index (κ1) is 18.4. The number of aryl methyl sites for hydroxylation is 2. The zero-order valence-electron chi connectivity index (χ0n) is 13.7. The van der Waals surface area contributed by atoms with Crippen LogP contribution in [0.1, 0.15) is 48.5 Å². The average Bonchev–Trinajstić information content (AvgIpc) is 2.99. The molecule has 0 atom stereocenters. The first-order valence-electron chi connectivity index (χ1n) is 7.99. The summed E-state index contributed by atoms with van der Waals surface area (Å²) in [5, 5.41) is 6.73. The quantitative estimate of drug-likeness (QED) is 0.834. The second-order valence-corrected chi connectivity index (χ2v) is 6.28. The number of nitrogens with one attached hydrogen (secondary N) is 1. The molecule has 1 aliphatic carbocycles. The van der Waals surface area contributed by atoms with E-state index >= 15 is 0 Å². The third-order valence-electron chi connectivity index (χ3n) is 4.36. The number of nitrogens with two attached hydrogens (primary N) is 1. The third-order valence-corrected chi connectivity index (χ3v) is 4.36. The van der Waals surface area contributed by atoms with E-state index in [9.17, 15) is 4.79 Å². The molecule has 2 aromatic rings. The molecule has 24 heavy (non-hydrogen) atoms. The van der Waals surface area contributed by atoms with E-state index in [0.717, 1.165) is 24.8 Å². The van der Waals surface area contributed by atoms with Gasteiger partial charge in [-0.2, -0.15) is 4.98 Å². The number of carbonyl (C=O) groups excluding carboxylic acids is 1. The molecule has 1 amide bonds. The highest BCUT2D eigenvalue weighted by Crippen LogP contribution is 2.36. The predicted molar refractivity (Wildman–Crippen MR) is 92.6 cm³/mol. The standard InChI is InChI=1S/C17H22N4O2.ClH/c1-12-3-5-13(6-4-12)7-8-14(22)19-11-15-20-16(21-23-15)17(18)9-2-10-17;/h3-6H,2,7-11,18H2,1H3,(H,19,22);1H. The number of halogens is 1. The van der Waals surface area contributed by atoms with Gasteiger partial charge in [0.2, 0.25) is 11.8 Å². The summed E-state index contributed by atoms with van der Waals surface area (Å²) in [5.41, 5.74) is 8.08. The van der Waals surface area contributed by atoms with Crippen LogP contribution in [0.4, 0.5) is 0 Å². The molecule has 0 bridgehead atoms. The number of hydrogen-bond acceptors (Lipinski definition) is 5. The number of nitrogens with zero attached hydrogens (tertiary/aromatic N) is 2. The Morgan fingerprint density at radius 3 is 2.67 bits per heavy atom. The molecule has 130 valence electrons. The van der Waals surface area contributed by atoms with Gasteiger partial charge in [-0.15, -0.1) is 12.4 Å². The molecule has 1 aliphatic rings. The molecule has 0 radical (unpaired) electrons. The highest BCUT2D eigenvalue weighted by atomic mass is 35.5. The molecular formula is C17H23ClN4O2. The van der Waals surface area contributed by atoms with Gasteiger partial charge in [-0.1, -0.05) is 35.0 Å². The van der Waals surface area contributed by atoms with Crippen molar-refractivity contribution in [2.75, 3.05) is 0 Å². The van der Waals surface area contributed by atoms with Crippen molar-refractivity contribution in [2.45, 2.75) is 51.1 Å². The van der Waals surface area contributed by atoms with Crippen molar-refractivity contribution in [3.63, 3.8) is 0 Å². The minimum absolute atomic E-state index is 0. The Morgan fingerprint density at radius 2 is 2.04 bits per heavy atom. The SMILES string of the molecule is Cc1ccc(CCC(=O)NCc2nc(C3(N)CCC3)no2)cc1.Cl. The Kier molecular flexibility index (Phi) is 5.96. The van der Waals surface area contributed by atoms with Crippen LogP contribution in [-0.4, -0.2) is 16.0 Å². The smallest absolute Gasteiger partial charge is 0.246 e. The van der Waals surface area contributed by atoms with Gasteiger partial charge in [0.05, 0.1) is 12.1 Å². The van der Waals surface area contributed by atoms with Crippen molar-refractivity contribution in [3.05, 3.63) is 47.1 Å². The molecule has 0 aliphatic heterocycles. The van der Waals surface area contributed by atoms with E-state index in [0.29, 0.717) is 24.6 Å². The van der Waals surface area contributed by atoms with Crippen molar-refractivity contribution in [1.29, 1.82) is 0 Å². The zero-order chi connectivity index (χ0) is 16.3. The number of hydrogen-bond donors (Lipinski definition) is 2. The van der Waals surface area contributed by atoms with Crippen LogP contribution in [0.15, 0.2) is 28.8 Å².